The number of allylic oxidation sites excluding steroid dienone is 1. The Morgan fingerprint density at radius 3 is 2.73 bits per heavy atom. The number of hydrogen-bond donors (Lipinski definition) is 1. The van der Waals surface area contributed by atoms with E-state index in [2.05, 4.69) is 55.6 Å². The molecule has 112 valence electrons. The van der Waals surface area contributed by atoms with Gasteiger partial charge in [-0.3, -0.25) is 4.79 Å². The maximum absolute atomic E-state index is 12.6. The highest BCUT2D eigenvalue weighted by atomic mass is 16.1. The highest BCUT2D eigenvalue weighted by Crippen LogP contribution is 2.44. The fourth-order valence-corrected chi connectivity index (χ4v) is 3.94. The summed E-state index contributed by atoms with van der Waals surface area (Å²) >= 11 is 0. The molecule has 1 unspecified atom stereocenters. The Morgan fingerprint density at radius 2 is 1.91 bits per heavy atom. The van der Waals surface area contributed by atoms with Crippen LogP contribution in [0.3, 0.4) is 0 Å². The number of carbonyl (C=O) groups is 1. The molecule has 0 aromatic heterocycles. The van der Waals surface area contributed by atoms with Gasteiger partial charge in [-0.25, -0.2) is 0 Å². The van der Waals surface area contributed by atoms with Gasteiger partial charge in [-0.15, -0.1) is 0 Å². The highest BCUT2D eigenvalue weighted by molar-refractivity contribution is 6.12. The smallest absolute Gasteiger partial charge is 0.161 e. The quantitative estimate of drug-likeness (QED) is 0.818. The van der Waals surface area contributed by atoms with E-state index in [0.29, 0.717) is 18.1 Å². The van der Waals surface area contributed by atoms with Crippen LogP contribution in [0.5, 0.6) is 0 Å². The SMILES string of the molecule is CC(C)C1Nc2ccc3ccccc3c2C2=C1C(=O)CCC2. The van der Waals surface area contributed by atoms with Crippen molar-refractivity contribution in [3.8, 4) is 0 Å². The third kappa shape index (κ3) is 1.90. The maximum Gasteiger partial charge on any atom is 0.161 e. The van der Waals surface area contributed by atoms with Gasteiger partial charge in [0.2, 0.25) is 0 Å². The van der Waals surface area contributed by atoms with Gasteiger partial charge in [-0.2, -0.15) is 0 Å². The summed E-state index contributed by atoms with van der Waals surface area (Å²) in [5, 5.41) is 6.15. The van der Waals surface area contributed by atoms with Crippen LogP contribution >= 0.6 is 0 Å². The van der Waals surface area contributed by atoms with E-state index >= 15 is 0 Å². The Kier molecular flexibility index (Phi) is 3.07. The van der Waals surface area contributed by atoms with Crippen molar-refractivity contribution >= 4 is 27.8 Å². The normalized spacial score (nSPS) is 20.9. The Balaban J connectivity index is 2.04. The number of carbonyl (C=O) groups excluding carboxylic acids is 1. The zero-order valence-corrected chi connectivity index (χ0v) is 13.1. The van der Waals surface area contributed by atoms with Gasteiger partial charge in [0.1, 0.15) is 0 Å². The molecule has 1 aliphatic heterocycles. The second kappa shape index (κ2) is 4.98. The molecule has 0 radical (unpaired) electrons. The van der Waals surface area contributed by atoms with E-state index in [-0.39, 0.29) is 6.04 Å². The van der Waals surface area contributed by atoms with Crippen molar-refractivity contribution in [3.05, 3.63) is 47.5 Å². The van der Waals surface area contributed by atoms with Crippen molar-refractivity contribution in [2.45, 2.75) is 39.2 Å². The van der Waals surface area contributed by atoms with Crippen molar-refractivity contribution < 1.29 is 4.79 Å². The summed E-state index contributed by atoms with van der Waals surface area (Å²) in [5.41, 5.74) is 4.79. The van der Waals surface area contributed by atoms with Gasteiger partial charge in [-0.05, 0) is 41.2 Å². The van der Waals surface area contributed by atoms with E-state index in [1.165, 1.54) is 27.6 Å². The van der Waals surface area contributed by atoms with Crippen molar-refractivity contribution in [1.82, 2.24) is 0 Å². The first-order chi connectivity index (χ1) is 10.7. The minimum absolute atomic E-state index is 0.150. The summed E-state index contributed by atoms with van der Waals surface area (Å²) in [4.78, 5) is 12.6. The summed E-state index contributed by atoms with van der Waals surface area (Å²) < 4.78 is 0. The number of ketones is 1. The van der Waals surface area contributed by atoms with Gasteiger partial charge in [0.25, 0.3) is 0 Å². The van der Waals surface area contributed by atoms with Gasteiger partial charge in [0, 0.05) is 23.2 Å². The van der Waals surface area contributed by atoms with Crippen LogP contribution in [0.25, 0.3) is 16.3 Å². The topological polar surface area (TPSA) is 29.1 Å². The van der Waals surface area contributed by atoms with E-state index < -0.39 is 0 Å². The van der Waals surface area contributed by atoms with Crippen LogP contribution < -0.4 is 5.32 Å². The van der Waals surface area contributed by atoms with Gasteiger partial charge in [-0.1, -0.05) is 44.2 Å². The molecule has 1 N–H and O–H groups in total. The zero-order chi connectivity index (χ0) is 15.3. The molecule has 2 nitrogen and oxygen atoms in total. The molecule has 1 aliphatic carbocycles. The van der Waals surface area contributed by atoms with Crippen LogP contribution in [0, 0.1) is 5.92 Å². The third-order valence-corrected chi connectivity index (χ3v) is 4.98. The standard InChI is InChI=1S/C20H21NO/c1-12(2)20-19-15(8-5-9-17(19)22)18-14-7-4-3-6-13(14)10-11-16(18)21-20/h3-4,6-7,10-12,20-21H,5,8-9H2,1-2H3. The number of Topliss-reactive ketones (excluding diaryl/α,β-unsaturated/α-hetero) is 1. The lowest BCUT2D eigenvalue weighted by Gasteiger charge is -2.36. The average Bonchev–Trinajstić information content (AvgIpc) is 2.53. The van der Waals surface area contributed by atoms with Crippen LogP contribution in [-0.4, -0.2) is 11.8 Å². The molecule has 0 saturated heterocycles. The number of rotatable bonds is 1. The van der Waals surface area contributed by atoms with Crippen molar-refractivity contribution in [2.75, 3.05) is 5.32 Å². The zero-order valence-electron chi connectivity index (χ0n) is 13.1. The summed E-state index contributed by atoms with van der Waals surface area (Å²) in [5.74, 6) is 0.748. The number of benzene rings is 2. The molecule has 2 aliphatic rings. The molecule has 22 heavy (non-hydrogen) atoms. The fourth-order valence-electron chi connectivity index (χ4n) is 3.94. The third-order valence-electron chi connectivity index (χ3n) is 4.98. The second-order valence-electron chi connectivity index (χ2n) is 6.74. The van der Waals surface area contributed by atoms with Gasteiger partial charge in [0.05, 0.1) is 6.04 Å². The van der Waals surface area contributed by atoms with E-state index in [9.17, 15) is 4.79 Å². The van der Waals surface area contributed by atoms with E-state index in [1.807, 2.05) is 0 Å². The largest absolute Gasteiger partial charge is 0.377 e. The predicted molar refractivity (Wildman–Crippen MR) is 92.0 cm³/mol. The van der Waals surface area contributed by atoms with Crippen LogP contribution in [0.15, 0.2) is 42.0 Å². The number of nitrogens with one attached hydrogen (secondary N) is 1. The average molecular weight is 291 g/mol. The number of anilines is 1. The van der Waals surface area contributed by atoms with Crippen LogP contribution in [0.2, 0.25) is 0 Å². The molecule has 1 atom stereocenters. The molecule has 2 heteroatoms. The molecule has 0 amide bonds. The van der Waals surface area contributed by atoms with Crippen LogP contribution in [-0.2, 0) is 4.79 Å². The molecular formula is C20H21NO. The molecule has 1 heterocycles. The van der Waals surface area contributed by atoms with Gasteiger partial charge >= 0.3 is 0 Å². The molecule has 0 bridgehead atoms. The summed E-state index contributed by atoms with van der Waals surface area (Å²) in [6.07, 6.45) is 2.70. The fraction of sp³-hybridized carbons (Fsp3) is 0.350. The van der Waals surface area contributed by atoms with E-state index in [0.717, 1.165) is 18.4 Å². The minimum atomic E-state index is 0.150. The van der Waals surface area contributed by atoms with Crippen molar-refractivity contribution in [2.24, 2.45) is 5.92 Å². The lowest BCUT2D eigenvalue weighted by molar-refractivity contribution is -0.116. The first-order valence-corrected chi connectivity index (χ1v) is 8.21. The molecule has 0 spiro atoms. The summed E-state index contributed by atoms with van der Waals surface area (Å²) in [6, 6.07) is 13.0. The Bertz CT molecular complexity index is 800. The van der Waals surface area contributed by atoms with E-state index in [1.54, 1.807) is 0 Å². The lowest BCUT2D eigenvalue weighted by atomic mass is 9.76. The number of fused-ring (bicyclic) bond motifs is 4. The Hall–Kier alpha value is -2.09. The van der Waals surface area contributed by atoms with Gasteiger partial charge < -0.3 is 5.32 Å². The minimum Gasteiger partial charge on any atom is -0.377 e. The van der Waals surface area contributed by atoms with Crippen LogP contribution in [0.1, 0.15) is 38.7 Å². The first-order valence-electron chi connectivity index (χ1n) is 8.21. The monoisotopic (exact) mass is 291 g/mol. The number of hydrogen-bond acceptors (Lipinski definition) is 2. The first kappa shape index (κ1) is 13.6. The molecular weight excluding hydrogens is 270 g/mol. The van der Waals surface area contributed by atoms with Gasteiger partial charge in [0.15, 0.2) is 5.78 Å². The Morgan fingerprint density at radius 1 is 1.09 bits per heavy atom. The molecule has 4 rings (SSSR count). The maximum atomic E-state index is 12.6. The molecule has 0 fully saturated rings. The van der Waals surface area contributed by atoms with E-state index in [4.69, 9.17) is 0 Å². The van der Waals surface area contributed by atoms with Crippen LogP contribution in [0.4, 0.5) is 5.69 Å². The van der Waals surface area contributed by atoms with Crippen molar-refractivity contribution in [3.63, 3.8) is 0 Å². The molecule has 2 aromatic carbocycles. The summed E-state index contributed by atoms with van der Waals surface area (Å²) in [6.45, 7) is 4.38. The predicted octanol–water partition coefficient (Wildman–Crippen LogP) is 4.80. The highest BCUT2D eigenvalue weighted by Gasteiger charge is 2.35. The summed E-state index contributed by atoms with van der Waals surface area (Å²) in [7, 11) is 0. The van der Waals surface area contributed by atoms with Crippen molar-refractivity contribution in [1.29, 1.82) is 0 Å². The lowest BCUT2D eigenvalue weighted by Crippen LogP contribution is -2.36. The molecule has 0 saturated carbocycles. The Labute approximate surface area is 131 Å². The molecule has 2 aromatic rings. The second-order valence-corrected chi connectivity index (χ2v) is 6.74.